The average molecular weight is 226 g/mol. The van der Waals surface area contributed by atoms with E-state index in [4.69, 9.17) is 10.5 Å². The molecule has 0 atom stereocenters. The Morgan fingerprint density at radius 1 is 1.12 bits per heavy atom. The third-order valence-corrected chi connectivity index (χ3v) is 2.46. The zero-order valence-corrected chi connectivity index (χ0v) is 9.63. The van der Waals surface area contributed by atoms with Gasteiger partial charge in [0.15, 0.2) is 0 Å². The largest absolute Gasteiger partial charge is 0.497 e. The summed E-state index contributed by atoms with van der Waals surface area (Å²) in [6, 6.07) is 9.52. The average Bonchev–Trinajstić information content (AvgIpc) is 2.38. The van der Waals surface area contributed by atoms with Gasteiger partial charge in [-0.2, -0.15) is 0 Å². The van der Waals surface area contributed by atoms with Crippen molar-refractivity contribution in [3.05, 3.63) is 53.9 Å². The number of ether oxygens (including phenoxy) is 1. The monoisotopic (exact) mass is 226 g/mol. The minimum Gasteiger partial charge on any atom is -0.497 e. The number of hydrogen-bond donors (Lipinski definition) is 1. The molecule has 2 aromatic rings. The fourth-order valence-electron chi connectivity index (χ4n) is 1.49. The highest BCUT2D eigenvalue weighted by Crippen LogP contribution is 2.21. The molecule has 0 fully saturated rings. The molecule has 0 aliphatic carbocycles. The lowest BCUT2D eigenvalue weighted by Gasteiger charge is -2.03. The summed E-state index contributed by atoms with van der Waals surface area (Å²) >= 11 is 0. The molecule has 0 saturated carbocycles. The lowest BCUT2D eigenvalue weighted by Crippen LogP contribution is -1.91. The molecule has 3 nitrogen and oxygen atoms in total. The normalized spacial score (nSPS) is 10.6. The van der Waals surface area contributed by atoms with E-state index >= 15 is 0 Å². The van der Waals surface area contributed by atoms with Crippen LogP contribution in [0.1, 0.15) is 11.1 Å². The van der Waals surface area contributed by atoms with Crippen LogP contribution in [-0.2, 0) is 0 Å². The summed E-state index contributed by atoms with van der Waals surface area (Å²) in [5, 5.41) is 0. The summed E-state index contributed by atoms with van der Waals surface area (Å²) in [7, 11) is 1.63. The predicted molar refractivity (Wildman–Crippen MR) is 70.6 cm³/mol. The molecule has 3 heteroatoms. The Balaban J connectivity index is 2.22. The molecule has 0 bridgehead atoms. The molecule has 2 rings (SSSR count). The summed E-state index contributed by atoms with van der Waals surface area (Å²) in [5.41, 5.74) is 8.69. The SMILES string of the molecule is COc1ccc(/C=C/c2ccncc2)c(N)c1. The standard InChI is InChI=1S/C14H14N2O/c1-17-13-5-4-12(14(15)10-13)3-2-11-6-8-16-9-7-11/h2-10H,15H2,1H3/b3-2+. The molecule has 0 spiro atoms. The molecule has 0 unspecified atom stereocenters. The fraction of sp³-hybridized carbons (Fsp3) is 0.0714. The van der Waals surface area contributed by atoms with Crippen molar-refractivity contribution in [2.24, 2.45) is 0 Å². The number of methoxy groups -OCH3 is 1. The topological polar surface area (TPSA) is 48.1 Å². The number of hydrogen-bond acceptors (Lipinski definition) is 3. The van der Waals surface area contributed by atoms with Crippen LogP contribution in [0, 0.1) is 0 Å². The van der Waals surface area contributed by atoms with E-state index in [0.29, 0.717) is 5.69 Å². The van der Waals surface area contributed by atoms with Crippen molar-refractivity contribution in [3.8, 4) is 5.75 Å². The fourth-order valence-corrected chi connectivity index (χ4v) is 1.49. The zero-order valence-electron chi connectivity index (χ0n) is 9.63. The van der Waals surface area contributed by atoms with Crippen molar-refractivity contribution in [1.82, 2.24) is 4.98 Å². The Morgan fingerprint density at radius 3 is 2.53 bits per heavy atom. The second-order valence-corrected chi connectivity index (χ2v) is 3.61. The van der Waals surface area contributed by atoms with Gasteiger partial charge in [-0.1, -0.05) is 12.2 Å². The molecule has 1 heterocycles. The maximum Gasteiger partial charge on any atom is 0.120 e. The molecular formula is C14H14N2O. The van der Waals surface area contributed by atoms with Crippen LogP contribution in [0.25, 0.3) is 12.2 Å². The molecule has 0 saturated heterocycles. The zero-order chi connectivity index (χ0) is 12.1. The van der Waals surface area contributed by atoms with Crippen LogP contribution in [0.2, 0.25) is 0 Å². The summed E-state index contributed by atoms with van der Waals surface area (Å²) in [6.07, 6.45) is 7.50. The maximum absolute atomic E-state index is 5.92. The number of aromatic nitrogens is 1. The number of nitrogen functional groups attached to an aromatic ring is 1. The number of pyridine rings is 1. The van der Waals surface area contributed by atoms with Gasteiger partial charge in [0.1, 0.15) is 5.75 Å². The molecule has 86 valence electrons. The van der Waals surface area contributed by atoms with Gasteiger partial charge in [-0.3, -0.25) is 4.98 Å². The third-order valence-electron chi connectivity index (χ3n) is 2.46. The number of nitrogens with zero attached hydrogens (tertiary/aromatic N) is 1. The van der Waals surface area contributed by atoms with E-state index in [9.17, 15) is 0 Å². The van der Waals surface area contributed by atoms with Gasteiger partial charge in [0.25, 0.3) is 0 Å². The summed E-state index contributed by atoms with van der Waals surface area (Å²) in [5.74, 6) is 0.767. The van der Waals surface area contributed by atoms with E-state index in [2.05, 4.69) is 4.98 Å². The van der Waals surface area contributed by atoms with Crippen molar-refractivity contribution in [3.63, 3.8) is 0 Å². The Labute approximate surface area is 101 Å². The van der Waals surface area contributed by atoms with Crippen molar-refractivity contribution >= 4 is 17.8 Å². The number of rotatable bonds is 3. The first kappa shape index (κ1) is 11.2. The molecule has 0 aliphatic heterocycles. The molecule has 0 aliphatic rings. The van der Waals surface area contributed by atoms with Gasteiger partial charge in [-0.15, -0.1) is 0 Å². The van der Waals surface area contributed by atoms with Crippen LogP contribution in [0.3, 0.4) is 0 Å². The summed E-state index contributed by atoms with van der Waals surface area (Å²) < 4.78 is 5.10. The van der Waals surface area contributed by atoms with Gasteiger partial charge in [0.2, 0.25) is 0 Å². The minimum atomic E-state index is 0.703. The Hall–Kier alpha value is -2.29. The van der Waals surface area contributed by atoms with Crippen LogP contribution in [0.4, 0.5) is 5.69 Å². The Kier molecular flexibility index (Phi) is 3.40. The van der Waals surface area contributed by atoms with E-state index < -0.39 is 0 Å². The van der Waals surface area contributed by atoms with Crippen LogP contribution in [0.5, 0.6) is 5.75 Å². The lowest BCUT2D eigenvalue weighted by molar-refractivity contribution is 0.415. The van der Waals surface area contributed by atoms with Crippen LogP contribution < -0.4 is 10.5 Å². The van der Waals surface area contributed by atoms with Gasteiger partial charge in [-0.05, 0) is 35.4 Å². The van der Waals surface area contributed by atoms with Crippen molar-refractivity contribution in [1.29, 1.82) is 0 Å². The maximum atomic E-state index is 5.92. The molecule has 0 radical (unpaired) electrons. The van der Waals surface area contributed by atoms with E-state index in [1.54, 1.807) is 19.5 Å². The van der Waals surface area contributed by atoms with E-state index in [1.165, 1.54) is 0 Å². The first-order valence-electron chi connectivity index (χ1n) is 5.31. The molecule has 2 N–H and O–H groups in total. The highest BCUT2D eigenvalue weighted by molar-refractivity contribution is 5.76. The summed E-state index contributed by atoms with van der Waals surface area (Å²) in [4.78, 5) is 3.97. The highest BCUT2D eigenvalue weighted by atomic mass is 16.5. The van der Waals surface area contributed by atoms with Crippen LogP contribution >= 0.6 is 0 Å². The number of anilines is 1. The highest BCUT2D eigenvalue weighted by Gasteiger charge is 1.97. The van der Waals surface area contributed by atoms with Gasteiger partial charge < -0.3 is 10.5 Å². The van der Waals surface area contributed by atoms with Gasteiger partial charge in [0.05, 0.1) is 7.11 Å². The Morgan fingerprint density at radius 2 is 1.88 bits per heavy atom. The molecular weight excluding hydrogens is 212 g/mol. The van der Waals surface area contributed by atoms with E-state index in [-0.39, 0.29) is 0 Å². The minimum absolute atomic E-state index is 0.703. The second-order valence-electron chi connectivity index (χ2n) is 3.61. The van der Waals surface area contributed by atoms with Gasteiger partial charge >= 0.3 is 0 Å². The molecule has 0 amide bonds. The lowest BCUT2D eigenvalue weighted by atomic mass is 10.1. The van der Waals surface area contributed by atoms with Gasteiger partial charge in [-0.25, -0.2) is 0 Å². The molecule has 1 aromatic carbocycles. The van der Waals surface area contributed by atoms with E-state index in [1.807, 2.05) is 42.5 Å². The van der Waals surface area contributed by atoms with Crippen LogP contribution in [-0.4, -0.2) is 12.1 Å². The Bertz CT molecular complexity index is 521. The quantitative estimate of drug-likeness (QED) is 0.819. The van der Waals surface area contributed by atoms with Crippen LogP contribution in [0.15, 0.2) is 42.7 Å². The van der Waals surface area contributed by atoms with Crippen molar-refractivity contribution in [2.45, 2.75) is 0 Å². The first-order valence-corrected chi connectivity index (χ1v) is 5.31. The second kappa shape index (κ2) is 5.16. The molecule has 17 heavy (non-hydrogen) atoms. The summed E-state index contributed by atoms with van der Waals surface area (Å²) in [6.45, 7) is 0. The van der Waals surface area contributed by atoms with Crippen molar-refractivity contribution in [2.75, 3.05) is 12.8 Å². The predicted octanol–water partition coefficient (Wildman–Crippen LogP) is 2.84. The number of nitrogens with two attached hydrogens (primary N) is 1. The molecule has 1 aromatic heterocycles. The van der Waals surface area contributed by atoms with E-state index in [0.717, 1.165) is 16.9 Å². The smallest absolute Gasteiger partial charge is 0.120 e. The number of benzene rings is 1. The third kappa shape index (κ3) is 2.84. The van der Waals surface area contributed by atoms with Crippen molar-refractivity contribution < 1.29 is 4.74 Å². The first-order chi connectivity index (χ1) is 8.29. The van der Waals surface area contributed by atoms with Gasteiger partial charge in [0, 0.05) is 24.1 Å².